The minimum Gasteiger partial charge on any atom is -0.378 e. The molecule has 0 atom stereocenters. The highest BCUT2D eigenvalue weighted by Gasteiger charge is 2.04. The molecule has 0 bridgehead atoms. The van der Waals surface area contributed by atoms with E-state index in [1.807, 2.05) is 23.7 Å². The van der Waals surface area contributed by atoms with Crippen molar-refractivity contribution >= 4 is 17.3 Å². The van der Waals surface area contributed by atoms with Crippen LogP contribution in [0.5, 0.6) is 0 Å². The predicted molar refractivity (Wildman–Crippen MR) is 69.2 cm³/mol. The third kappa shape index (κ3) is 2.60. The molecule has 0 amide bonds. The third-order valence-corrected chi connectivity index (χ3v) is 2.85. The van der Waals surface area contributed by atoms with Gasteiger partial charge in [0.05, 0.1) is 17.1 Å². The maximum absolute atomic E-state index is 8.78. The van der Waals surface area contributed by atoms with Gasteiger partial charge in [-0.1, -0.05) is 11.6 Å². The van der Waals surface area contributed by atoms with Crippen molar-refractivity contribution in [3.63, 3.8) is 0 Å². The van der Waals surface area contributed by atoms with Crippen molar-refractivity contribution in [1.29, 1.82) is 5.26 Å². The van der Waals surface area contributed by atoms with E-state index >= 15 is 0 Å². The summed E-state index contributed by atoms with van der Waals surface area (Å²) in [6.07, 6.45) is 1.53. The third-order valence-electron chi connectivity index (χ3n) is 2.54. The Hall–Kier alpha value is -2.06. The number of hydrogen-bond acceptors (Lipinski definition) is 4. The van der Waals surface area contributed by atoms with E-state index in [2.05, 4.69) is 15.4 Å². The second-order valence-electron chi connectivity index (χ2n) is 3.65. The number of anilines is 1. The molecule has 0 aliphatic heterocycles. The summed E-state index contributed by atoms with van der Waals surface area (Å²) in [7, 11) is 0. The number of nitrogens with one attached hydrogen (secondary N) is 1. The Bertz CT molecular complexity index is 584. The first-order valence-electron chi connectivity index (χ1n) is 5.54. The molecule has 2 aromatic rings. The first kappa shape index (κ1) is 12.4. The fraction of sp³-hybridized carbons (Fsp3) is 0.250. The van der Waals surface area contributed by atoms with Gasteiger partial charge in [0.25, 0.3) is 0 Å². The highest BCUT2D eigenvalue weighted by molar-refractivity contribution is 6.32. The largest absolute Gasteiger partial charge is 0.378 e. The van der Waals surface area contributed by atoms with E-state index in [0.717, 1.165) is 18.1 Å². The van der Waals surface area contributed by atoms with Crippen molar-refractivity contribution in [3.8, 4) is 6.07 Å². The number of nitriles is 1. The Morgan fingerprint density at radius 1 is 1.50 bits per heavy atom. The predicted octanol–water partition coefficient (Wildman–Crippen LogP) is 2.44. The SMILES string of the molecule is CCn1ncnc1CNc1ccc(C#N)c(Cl)c1. The summed E-state index contributed by atoms with van der Waals surface area (Å²) in [5.41, 5.74) is 1.32. The molecule has 6 heteroatoms. The minimum absolute atomic E-state index is 0.444. The maximum Gasteiger partial charge on any atom is 0.146 e. The van der Waals surface area contributed by atoms with E-state index in [4.69, 9.17) is 16.9 Å². The van der Waals surface area contributed by atoms with Crippen LogP contribution >= 0.6 is 11.6 Å². The molecule has 18 heavy (non-hydrogen) atoms. The molecule has 5 nitrogen and oxygen atoms in total. The molecule has 0 spiro atoms. The maximum atomic E-state index is 8.78. The lowest BCUT2D eigenvalue weighted by atomic mass is 10.2. The highest BCUT2D eigenvalue weighted by Crippen LogP contribution is 2.20. The summed E-state index contributed by atoms with van der Waals surface area (Å²) < 4.78 is 1.82. The van der Waals surface area contributed by atoms with Crippen LogP contribution in [-0.2, 0) is 13.1 Å². The molecule has 1 aromatic heterocycles. The average molecular weight is 262 g/mol. The van der Waals surface area contributed by atoms with Crippen LogP contribution in [-0.4, -0.2) is 14.8 Å². The van der Waals surface area contributed by atoms with Crippen molar-refractivity contribution in [1.82, 2.24) is 14.8 Å². The molecule has 92 valence electrons. The number of aromatic nitrogens is 3. The van der Waals surface area contributed by atoms with E-state index in [1.165, 1.54) is 6.33 Å². The highest BCUT2D eigenvalue weighted by atomic mass is 35.5. The molecule has 0 saturated heterocycles. The number of benzene rings is 1. The quantitative estimate of drug-likeness (QED) is 0.918. The molecule has 0 aliphatic rings. The van der Waals surface area contributed by atoms with Crippen molar-refractivity contribution in [2.75, 3.05) is 5.32 Å². The zero-order chi connectivity index (χ0) is 13.0. The van der Waals surface area contributed by atoms with Gasteiger partial charge >= 0.3 is 0 Å². The first-order chi connectivity index (χ1) is 8.74. The summed E-state index contributed by atoms with van der Waals surface area (Å²) in [5.74, 6) is 0.859. The van der Waals surface area contributed by atoms with Crippen LogP contribution in [0.4, 0.5) is 5.69 Å². The lowest BCUT2D eigenvalue weighted by Gasteiger charge is -2.07. The van der Waals surface area contributed by atoms with Crippen molar-refractivity contribution in [3.05, 3.63) is 40.9 Å². The Morgan fingerprint density at radius 2 is 2.33 bits per heavy atom. The van der Waals surface area contributed by atoms with Gasteiger partial charge in [-0.25, -0.2) is 9.67 Å². The van der Waals surface area contributed by atoms with Gasteiger partial charge in [0.15, 0.2) is 0 Å². The molecular formula is C12H12ClN5. The smallest absolute Gasteiger partial charge is 0.146 e. The summed E-state index contributed by atoms with van der Waals surface area (Å²) in [5, 5.41) is 16.5. The second-order valence-corrected chi connectivity index (χ2v) is 4.06. The molecule has 2 rings (SSSR count). The van der Waals surface area contributed by atoms with Crippen LogP contribution in [0, 0.1) is 11.3 Å². The van der Waals surface area contributed by atoms with Gasteiger partial charge in [0, 0.05) is 12.2 Å². The number of hydrogen-bond donors (Lipinski definition) is 1. The van der Waals surface area contributed by atoms with E-state index in [-0.39, 0.29) is 0 Å². The second kappa shape index (κ2) is 5.52. The summed E-state index contributed by atoms with van der Waals surface area (Å²) in [6.45, 7) is 3.36. The van der Waals surface area contributed by atoms with E-state index in [9.17, 15) is 0 Å². The van der Waals surface area contributed by atoms with Crippen molar-refractivity contribution in [2.24, 2.45) is 0 Å². The standard InChI is InChI=1S/C12H12ClN5/c1-2-18-12(16-8-17-18)7-15-10-4-3-9(6-14)11(13)5-10/h3-5,8,15H,2,7H2,1H3. The Labute approximate surface area is 110 Å². The summed E-state index contributed by atoms with van der Waals surface area (Å²) >= 11 is 5.95. The molecule has 0 radical (unpaired) electrons. The van der Waals surface area contributed by atoms with Crippen molar-refractivity contribution < 1.29 is 0 Å². The van der Waals surface area contributed by atoms with Crippen LogP contribution in [0.3, 0.4) is 0 Å². The Balaban J connectivity index is 2.07. The molecule has 1 heterocycles. The van der Waals surface area contributed by atoms with Gasteiger partial charge < -0.3 is 5.32 Å². The number of halogens is 1. The van der Waals surface area contributed by atoms with Gasteiger partial charge in [-0.05, 0) is 25.1 Å². The van der Waals surface area contributed by atoms with E-state index < -0.39 is 0 Å². The average Bonchev–Trinajstić information content (AvgIpc) is 2.84. The minimum atomic E-state index is 0.444. The van der Waals surface area contributed by atoms with Crippen LogP contribution in [0.2, 0.25) is 5.02 Å². The van der Waals surface area contributed by atoms with Gasteiger partial charge in [-0.3, -0.25) is 0 Å². The van der Waals surface area contributed by atoms with Gasteiger partial charge in [0.2, 0.25) is 0 Å². The van der Waals surface area contributed by atoms with Crippen LogP contribution < -0.4 is 5.32 Å². The molecule has 1 N–H and O–H groups in total. The lowest BCUT2D eigenvalue weighted by molar-refractivity contribution is 0.622. The number of aryl methyl sites for hydroxylation is 1. The normalized spacial score (nSPS) is 10.1. The number of rotatable bonds is 4. The molecule has 0 saturated carbocycles. The van der Waals surface area contributed by atoms with Crippen molar-refractivity contribution in [2.45, 2.75) is 20.0 Å². The summed E-state index contributed by atoms with van der Waals surface area (Å²) in [4.78, 5) is 4.16. The van der Waals surface area contributed by atoms with Crippen LogP contribution in [0.1, 0.15) is 18.3 Å². The van der Waals surface area contributed by atoms with Gasteiger partial charge in [-0.15, -0.1) is 0 Å². The monoisotopic (exact) mass is 261 g/mol. The van der Waals surface area contributed by atoms with Gasteiger partial charge in [-0.2, -0.15) is 10.4 Å². The molecular weight excluding hydrogens is 250 g/mol. The fourth-order valence-corrected chi connectivity index (χ4v) is 1.81. The zero-order valence-electron chi connectivity index (χ0n) is 9.89. The summed E-state index contributed by atoms with van der Waals surface area (Å²) in [6, 6.07) is 7.26. The van der Waals surface area contributed by atoms with Crippen LogP contribution in [0.25, 0.3) is 0 Å². The zero-order valence-corrected chi connectivity index (χ0v) is 10.6. The Kier molecular flexibility index (Phi) is 3.80. The molecule has 0 fully saturated rings. The van der Waals surface area contributed by atoms with E-state index in [1.54, 1.807) is 12.1 Å². The molecule has 1 aromatic carbocycles. The molecule has 0 unspecified atom stereocenters. The van der Waals surface area contributed by atoms with Gasteiger partial charge in [0.1, 0.15) is 18.2 Å². The molecule has 0 aliphatic carbocycles. The van der Waals surface area contributed by atoms with E-state index in [0.29, 0.717) is 17.1 Å². The van der Waals surface area contributed by atoms with Crippen LogP contribution in [0.15, 0.2) is 24.5 Å². The topological polar surface area (TPSA) is 66.5 Å². The number of nitrogens with zero attached hydrogens (tertiary/aromatic N) is 4. The first-order valence-corrected chi connectivity index (χ1v) is 5.92. The fourth-order valence-electron chi connectivity index (χ4n) is 1.59. The lowest BCUT2D eigenvalue weighted by Crippen LogP contribution is -2.09. The Morgan fingerprint density at radius 3 is 3.00 bits per heavy atom.